The molecule has 4 nitrogen and oxygen atoms in total. The summed E-state index contributed by atoms with van der Waals surface area (Å²) in [7, 11) is 0. The van der Waals surface area contributed by atoms with Crippen molar-refractivity contribution in [2.24, 2.45) is 5.92 Å². The van der Waals surface area contributed by atoms with Crippen molar-refractivity contribution < 1.29 is 22.8 Å². The number of thioether (sulfide) groups is 1. The number of nitrogens with one attached hydrogen (secondary N) is 1. The van der Waals surface area contributed by atoms with Crippen LogP contribution >= 0.6 is 11.8 Å². The monoisotopic (exact) mass is 360 g/mol. The Bertz CT molecular complexity index is 566. The molecule has 1 heterocycles. The second-order valence-corrected chi connectivity index (χ2v) is 6.76. The van der Waals surface area contributed by atoms with Gasteiger partial charge in [0, 0.05) is 24.4 Å². The minimum atomic E-state index is -4.43. The van der Waals surface area contributed by atoms with E-state index in [0.29, 0.717) is 11.4 Å². The highest BCUT2D eigenvalue weighted by Crippen LogP contribution is 2.24. The molecule has 1 saturated heterocycles. The van der Waals surface area contributed by atoms with Crippen LogP contribution in [0.4, 0.5) is 13.2 Å². The van der Waals surface area contributed by atoms with Gasteiger partial charge in [-0.1, -0.05) is 18.2 Å². The largest absolute Gasteiger partial charge is 0.406 e. The van der Waals surface area contributed by atoms with Crippen LogP contribution in [0.1, 0.15) is 12.8 Å². The predicted molar refractivity (Wildman–Crippen MR) is 85.5 cm³/mol. The third kappa shape index (κ3) is 6.07. The Morgan fingerprint density at radius 1 is 1.29 bits per heavy atom. The molecule has 132 valence electrons. The first kappa shape index (κ1) is 18.6. The highest BCUT2D eigenvalue weighted by molar-refractivity contribution is 7.99. The summed E-state index contributed by atoms with van der Waals surface area (Å²) in [6.45, 7) is -1.01. The lowest BCUT2D eigenvalue weighted by molar-refractivity contribution is -0.157. The van der Waals surface area contributed by atoms with E-state index in [1.807, 2.05) is 30.3 Å². The molecule has 1 atom stereocenters. The van der Waals surface area contributed by atoms with Gasteiger partial charge in [0.2, 0.25) is 11.8 Å². The number of hydrogen-bond donors (Lipinski definition) is 1. The first-order valence-electron chi connectivity index (χ1n) is 7.65. The number of nitrogens with zero attached hydrogens (tertiary/aromatic N) is 1. The normalized spacial score (nSPS) is 18.0. The molecular weight excluding hydrogens is 341 g/mol. The van der Waals surface area contributed by atoms with Gasteiger partial charge in [0.15, 0.2) is 0 Å². The Morgan fingerprint density at radius 2 is 2.00 bits per heavy atom. The van der Waals surface area contributed by atoms with E-state index in [4.69, 9.17) is 0 Å². The lowest BCUT2D eigenvalue weighted by atomic mass is 10.1. The zero-order valence-electron chi connectivity index (χ0n) is 13.0. The van der Waals surface area contributed by atoms with Gasteiger partial charge in [-0.3, -0.25) is 9.59 Å². The zero-order chi connectivity index (χ0) is 17.6. The van der Waals surface area contributed by atoms with E-state index in [1.54, 1.807) is 11.8 Å². The molecule has 1 fully saturated rings. The summed E-state index contributed by atoms with van der Waals surface area (Å²) >= 11 is 1.67. The first-order chi connectivity index (χ1) is 11.3. The van der Waals surface area contributed by atoms with Crippen molar-refractivity contribution in [3.05, 3.63) is 30.3 Å². The summed E-state index contributed by atoms with van der Waals surface area (Å²) in [6.07, 6.45) is -3.84. The van der Waals surface area contributed by atoms with Gasteiger partial charge in [0.05, 0.1) is 5.92 Å². The van der Waals surface area contributed by atoms with Crippen LogP contribution < -0.4 is 5.32 Å². The van der Waals surface area contributed by atoms with Crippen molar-refractivity contribution in [2.45, 2.75) is 23.9 Å². The van der Waals surface area contributed by atoms with Gasteiger partial charge >= 0.3 is 6.18 Å². The Kier molecular flexibility index (Phi) is 6.53. The molecule has 0 aromatic heterocycles. The Morgan fingerprint density at radius 3 is 2.67 bits per heavy atom. The first-order valence-corrected chi connectivity index (χ1v) is 8.64. The molecule has 1 aromatic rings. The van der Waals surface area contributed by atoms with E-state index in [0.717, 1.165) is 17.1 Å². The number of alkyl halides is 3. The molecule has 24 heavy (non-hydrogen) atoms. The van der Waals surface area contributed by atoms with E-state index in [1.165, 1.54) is 0 Å². The predicted octanol–water partition coefficient (Wildman–Crippen LogP) is 2.70. The summed E-state index contributed by atoms with van der Waals surface area (Å²) < 4.78 is 37.0. The second-order valence-electron chi connectivity index (χ2n) is 5.60. The number of rotatable bonds is 7. The highest BCUT2D eigenvalue weighted by Gasteiger charge is 2.40. The highest BCUT2D eigenvalue weighted by atomic mass is 32.2. The molecule has 2 amide bonds. The topological polar surface area (TPSA) is 49.4 Å². The van der Waals surface area contributed by atoms with E-state index < -0.39 is 24.5 Å². The molecule has 0 radical (unpaired) electrons. The van der Waals surface area contributed by atoms with Crippen LogP contribution in [-0.4, -0.2) is 48.3 Å². The Balaban J connectivity index is 1.65. The summed E-state index contributed by atoms with van der Waals surface area (Å²) in [5.74, 6) is -0.833. The number of carbonyl (C=O) groups excluding carboxylic acids is 2. The van der Waals surface area contributed by atoms with Crippen LogP contribution in [0.15, 0.2) is 35.2 Å². The fraction of sp³-hybridized carbons (Fsp3) is 0.500. The molecule has 0 saturated carbocycles. The van der Waals surface area contributed by atoms with Crippen LogP contribution in [0, 0.1) is 5.92 Å². The lowest BCUT2D eigenvalue weighted by Crippen LogP contribution is -2.37. The molecule has 1 N–H and O–H groups in total. The summed E-state index contributed by atoms with van der Waals surface area (Å²) in [5.41, 5.74) is 0. The van der Waals surface area contributed by atoms with Gasteiger partial charge in [-0.25, -0.2) is 0 Å². The van der Waals surface area contributed by atoms with E-state index in [9.17, 15) is 22.8 Å². The number of hydrogen-bond acceptors (Lipinski definition) is 3. The number of amides is 2. The van der Waals surface area contributed by atoms with Gasteiger partial charge in [0.1, 0.15) is 6.54 Å². The summed E-state index contributed by atoms with van der Waals surface area (Å²) in [4.78, 5) is 25.3. The minimum Gasteiger partial charge on any atom is -0.356 e. The molecule has 2 rings (SSSR count). The van der Waals surface area contributed by atoms with Gasteiger partial charge in [0.25, 0.3) is 0 Å². The van der Waals surface area contributed by atoms with Crippen molar-refractivity contribution in [3.63, 3.8) is 0 Å². The van der Waals surface area contributed by atoms with Crippen molar-refractivity contribution in [3.8, 4) is 0 Å². The van der Waals surface area contributed by atoms with E-state index in [2.05, 4.69) is 5.32 Å². The van der Waals surface area contributed by atoms with Crippen LogP contribution in [0.3, 0.4) is 0 Å². The molecule has 1 aliphatic rings. The van der Waals surface area contributed by atoms with Crippen molar-refractivity contribution >= 4 is 23.6 Å². The van der Waals surface area contributed by atoms with Crippen molar-refractivity contribution in [1.29, 1.82) is 0 Å². The molecule has 0 spiro atoms. The quantitative estimate of drug-likeness (QED) is 0.601. The maximum atomic E-state index is 12.3. The number of halogens is 3. The minimum absolute atomic E-state index is 0.152. The molecule has 1 unspecified atom stereocenters. The molecule has 1 aliphatic heterocycles. The van der Waals surface area contributed by atoms with Crippen LogP contribution in [0.25, 0.3) is 0 Å². The van der Waals surface area contributed by atoms with Gasteiger partial charge in [-0.05, 0) is 24.3 Å². The fourth-order valence-corrected chi connectivity index (χ4v) is 3.33. The van der Waals surface area contributed by atoms with E-state index in [-0.39, 0.29) is 18.9 Å². The Labute approximate surface area is 142 Å². The SMILES string of the molecule is O=C(NCCCSc1ccccc1)C1CC(=O)N(CC(F)(F)F)C1. The average molecular weight is 360 g/mol. The maximum absolute atomic E-state index is 12.3. The van der Waals surface area contributed by atoms with E-state index >= 15 is 0 Å². The third-order valence-electron chi connectivity index (χ3n) is 3.59. The van der Waals surface area contributed by atoms with Gasteiger partial charge in [-0.2, -0.15) is 13.2 Å². The lowest BCUT2D eigenvalue weighted by Gasteiger charge is -2.18. The average Bonchev–Trinajstić information content (AvgIpc) is 2.87. The fourth-order valence-electron chi connectivity index (χ4n) is 2.45. The van der Waals surface area contributed by atoms with Crippen molar-refractivity contribution in [2.75, 3.05) is 25.4 Å². The Hall–Kier alpha value is -1.70. The second kappa shape index (κ2) is 8.41. The summed E-state index contributed by atoms with van der Waals surface area (Å²) in [6, 6.07) is 9.85. The number of benzene rings is 1. The third-order valence-corrected chi connectivity index (χ3v) is 4.69. The van der Waals surface area contributed by atoms with Crippen LogP contribution in [0.5, 0.6) is 0 Å². The summed E-state index contributed by atoms with van der Waals surface area (Å²) in [5, 5.41) is 2.70. The molecule has 0 aliphatic carbocycles. The molecule has 8 heteroatoms. The molecule has 0 bridgehead atoms. The number of carbonyl (C=O) groups is 2. The zero-order valence-corrected chi connectivity index (χ0v) is 13.8. The smallest absolute Gasteiger partial charge is 0.356 e. The maximum Gasteiger partial charge on any atom is 0.406 e. The van der Waals surface area contributed by atoms with Crippen LogP contribution in [-0.2, 0) is 9.59 Å². The molecule has 1 aromatic carbocycles. The standard InChI is InChI=1S/C16H19F3N2O2S/c17-16(18,19)11-21-10-12(9-14(21)22)15(23)20-7-4-8-24-13-5-2-1-3-6-13/h1-3,5-6,12H,4,7-11H2,(H,20,23). The van der Waals surface area contributed by atoms with Gasteiger partial charge < -0.3 is 10.2 Å². The van der Waals surface area contributed by atoms with Gasteiger partial charge in [-0.15, -0.1) is 11.8 Å². The molecular formula is C16H19F3N2O2S. The number of likely N-dealkylation sites (tertiary alicyclic amines) is 1. The van der Waals surface area contributed by atoms with Crippen molar-refractivity contribution in [1.82, 2.24) is 10.2 Å². The van der Waals surface area contributed by atoms with Crippen LogP contribution in [0.2, 0.25) is 0 Å².